The van der Waals surface area contributed by atoms with Crippen LogP contribution in [0.15, 0.2) is 0 Å². The standard InChI is InChI=1S/C12H23NO2/c1-2-10-5-3-6-11(9-10)15-12(14)7-4-8-13/h10-11H,2-9,13H2,1H3. The monoisotopic (exact) mass is 213 g/mol. The maximum atomic E-state index is 11.4. The third-order valence-corrected chi connectivity index (χ3v) is 3.20. The lowest BCUT2D eigenvalue weighted by molar-refractivity contribution is -0.151. The van der Waals surface area contributed by atoms with Gasteiger partial charge in [0.2, 0.25) is 0 Å². The van der Waals surface area contributed by atoms with Crippen LogP contribution in [-0.4, -0.2) is 18.6 Å². The minimum atomic E-state index is -0.0674. The average molecular weight is 213 g/mol. The van der Waals surface area contributed by atoms with Gasteiger partial charge in [-0.05, 0) is 38.1 Å². The number of carbonyl (C=O) groups is 1. The molecular weight excluding hydrogens is 190 g/mol. The van der Waals surface area contributed by atoms with Crippen LogP contribution in [-0.2, 0) is 9.53 Å². The fourth-order valence-electron chi connectivity index (χ4n) is 2.21. The van der Waals surface area contributed by atoms with Crippen molar-refractivity contribution in [3.63, 3.8) is 0 Å². The first kappa shape index (κ1) is 12.5. The topological polar surface area (TPSA) is 52.3 Å². The highest BCUT2D eigenvalue weighted by atomic mass is 16.5. The Labute approximate surface area is 92.4 Å². The third kappa shape index (κ3) is 4.65. The van der Waals surface area contributed by atoms with Crippen molar-refractivity contribution < 1.29 is 9.53 Å². The van der Waals surface area contributed by atoms with Gasteiger partial charge in [-0.25, -0.2) is 0 Å². The number of hydrogen-bond acceptors (Lipinski definition) is 3. The summed E-state index contributed by atoms with van der Waals surface area (Å²) in [6, 6.07) is 0. The molecule has 1 fully saturated rings. The van der Waals surface area contributed by atoms with E-state index in [9.17, 15) is 4.79 Å². The van der Waals surface area contributed by atoms with Crippen LogP contribution in [0.3, 0.4) is 0 Å². The van der Waals surface area contributed by atoms with Crippen molar-refractivity contribution in [1.29, 1.82) is 0 Å². The lowest BCUT2D eigenvalue weighted by Gasteiger charge is -2.28. The normalized spacial score (nSPS) is 26.3. The third-order valence-electron chi connectivity index (χ3n) is 3.20. The lowest BCUT2D eigenvalue weighted by atomic mass is 9.85. The summed E-state index contributed by atoms with van der Waals surface area (Å²) in [6.07, 6.45) is 7.20. The molecule has 1 saturated carbocycles. The Bertz CT molecular complexity index is 194. The van der Waals surface area contributed by atoms with Crippen molar-refractivity contribution in [1.82, 2.24) is 0 Å². The van der Waals surface area contributed by atoms with E-state index in [1.54, 1.807) is 0 Å². The minimum Gasteiger partial charge on any atom is -0.462 e. The molecule has 0 aliphatic heterocycles. The largest absolute Gasteiger partial charge is 0.462 e. The average Bonchev–Trinajstić information content (AvgIpc) is 2.26. The molecular formula is C12H23NO2. The van der Waals surface area contributed by atoms with E-state index in [2.05, 4.69) is 6.92 Å². The van der Waals surface area contributed by atoms with E-state index >= 15 is 0 Å². The van der Waals surface area contributed by atoms with Crippen LogP contribution in [0.4, 0.5) is 0 Å². The van der Waals surface area contributed by atoms with Crippen molar-refractivity contribution in [3.05, 3.63) is 0 Å². The maximum Gasteiger partial charge on any atom is 0.306 e. The van der Waals surface area contributed by atoms with E-state index in [1.165, 1.54) is 19.3 Å². The van der Waals surface area contributed by atoms with Crippen LogP contribution in [0.25, 0.3) is 0 Å². The summed E-state index contributed by atoms with van der Waals surface area (Å²) >= 11 is 0. The van der Waals surface area contributed by atoms with Crippen molar-refractivity contribution in [2.24, 2.45) is 11.7 Å². The molecule has 2 N–H and O–H groups in total. The molecule has 0 spiro atoms. The molecule has 0 saturated heterocycles. The molecule has 3 heteroatoms. The van der Waals surface area contributed by atoms with Gasteiger partial charge in [0.15, 0.2) is 0 Å². The molecule has 0 radical (unpaired) electrons. The molecule has 15 heavy (non-hydrogen) atoms. The van der Waals surface area contributed by atoms with Crippen LogP contribution >= 0.6 is 0 Å². The molecule has 2 atom stereocenters. The Kier molecular flexibility index (Phi) is 5.69. The molecule has 0 aromatic carbocycles. The smallest absolute Gasteiger partial charge is 0.306 e. The molecule has 0 aromatic heterocycles. The molecule has 0 aromatic rings. The van der Waals surface area contributed by atoms with Gasteiger partial charge in [0.05, 0.1) is 0 Å². The zero-order valence-corrected chi connectivity index (χ0v) is 9.71. The number of hydrogen-bond donors (Lipinski definition) is 1. The van der Waals surface area contributed by atoms with E-state index < -0.39 is 0 Å². The van der Waals surface area contributed by atoms with Crippen LogP contribution in [0.2, 0.25) is 0 Å². The Morgan fingerprint density at radius 2 is 2.27 bits per heavy atom. The summed E-state index contributed by atoms with van der Waals surface area (Å²) in [7, 11) is 0. The van der Waals surface area contributed by atoms with Gasteiger partial charge in [0.25, 0.3) is 0 Å². The molecule has 88 valence electrons. The summed E-state index contributed by atoms with van der Waals surface area (Å²) in [5.74, 6) is 0.688. The van der Waals surface area contributed by atoms with Crippen molar-refractivity contribution in [2.45, 2.75) is 58.0 Å². The number of rotatable bonds is 5. The Hall–Kier alpha value is -0.570. The number of nitrogens with two attached hydrogens (primary N) is 1. The van der Waals surface area contributed by atoms with E-state index in [0.717, 1.165) is 25.2 Å². The van der Waals surface area contributed by atoms with Gasteiger partial charge in [-0.3, -0.25) is 4.79 Å². The van der Waals surface area contributed by atoms with Gasteiger partial charge in [-0.1, -0.05) is 19.8 Å². The molecule has 3 nitrogen and oxygen atoms in total. The highest BCUT2D eigenvalue weighted by molar-refractivity contribution is 5.69. The first-order valence-electron chi connectivity index (χ1n) is 6.15. The SMILES string of the molecule is CCC1CCCC(OC(=O)CCCN)C1. The highest BCUT2D eigenvalue weighted by Gasteiger charge is 2.23. The summed E-state index contributed by atoms with van der Waals surface area (Å²) in [5, 5.41) is 0. The fraction of sp³-hybridized carbons (Fsp3) is 0.917. The van der Waals surface area contributed by atoms with E-state index in [1.807, 2.05) is 0 Å². The van der Waals surface area contributed by atoms with Gasteiger partial charge >= 0.3 is 5.97 Å². The van der Waals surface area contributed by atoms with Gasteiger partial charge < -0.3 is 10.5 Å². The number of ether oxygens (including phenoxy) is 1. The molecule has 0 amide bonds. The molecule has 0 bridgehead atoms. The summed E-state index contributed by atoms with van der Waals surface area (Å²) < 4.78 is 5.43. The quantitative estimate of drug-likeness (QED) is 0.712. The first-order chi connectivity index (χ1) is 7.26. The van der Waals surface area contributed by atoms with Crippen LogP contribution < -0.4 is 5.73 Å². The molecule has 1 rings (SSSR count). The number of esters is 1. The summed E-state index contributed by atoms with van der Waals surface area (Å²) in [6.45, 7) is 2.78. The summed E-state index contributed by atoms with van der Waals surface area (Å²) in [5.41, 5.74) is 5.35. The molecule has 0 heterocycles. The minimum absolute atomic E-state index is 0.0674. The van der Waals surface area contributed by atoms with E-state index in [-0.39, 0.29) is 12.1 Å². The predicted molar refractivity (Wildman–Crippen MR) is 60.4 cm³/mol. The summed E-state index contributed by atoms with van der Waals surface area (Å²) in [4.78, 5) is 11.4. The van der Waals surface area contributed by atoms with E-state index in [4.69, 9.17) is 10.5 Å². The lowest BCUT2D eigenvalue weighted by Crippen LogP contribution is -2.25. The molecule has 1 aliphatic carbocycles. The fourth-order valence-corrected chi connectivity index (χ4v) is 2.21. The van der Waals surface area contributed by atoms with Crippen LogP contribution in [0.1, 0.15) is 51.9 Å². The van der Waals surface area contributed by atoms with Crippen LogP contribution in [0, 0.1) is 5.92 Å². The predicted octanol–water partition coefficient (Wildman–Crippen LogP) is 2.24. The molecule has 2 unspecified atom stereocenters. The Morgan fingerprint density at radius 1 is 1.47 bits per heavy atom. The zero-order chi connectivity index (χ0) is 11.1. The second-order valence-electron chi connectivity index (χ2n) is 4.44. The first-order valence-corrected chi connectivity index (χ1v) is 6.15. The van der Waals surface area contributed by atoms with Gasteiger partial charge in [-0.2, -0.15) is 0 Å². The van der Waals surface area contributed by atoms with E-state index in [0.29, 0.717) is 13.0 Å². The highest BCUT2D eigenvalue weighted by Crippen LogP contribution is 2.28. The van der Waals surface area contributed by atoms with Gasteiger partial charge in [0, 0.05) is 6.42 Å². The van der Waals surface area contributed by atoms with Crippen molar-refractivity contribution in [2.75, 3.05) is 6.54 Å². The number of carbonyl (C=O) groups excluding carboxylic acids is 1. The van der Waals surface area contributed by atoms with Gasteiger partial charge in [0.1, 0.15) is 6.10 Å². The molecule has 1 aliphatic rings. The zero-order valence-electron chi connectivity index (χ0n) is 9.71. The van der Waals surface area contributed by atoms with Crippen molar-refractivity contribution >= 4 is 5.97 Å². The Morgan fingerprint density at radius 3 is 2.93 bits per heavy atom. The second-order valence-corrected chi connectivity index (χ2v) is 4.44. The second kappa shape index (κ2) is 6.83. The Balaban J connectivity index is 2.22. The van der Waals surface area contributed by atoms with Crippen molar-refractivity contribution in [3.8, 4) is 0 Å². The van der Waals surface area contributed by atoms with Gasteiger partial charge in [-0.15, -0.1) is 0 Å². The maximum absolute atomic E-state index is 11.4. The van der Waals surface area contributed by atoms with Crippen LogP contribution in [0.5, 0.6) is 0 Å².